The van der Waals surface area contributed by atoms with Crippen LogP contribution in [0.1, 0.15) is 44.6 Å². The number of hydrogen-bond acceptors (Lipinski definition) is 3. The van der Waals surface area contributed by atoms with Crippen LogP contribution in [0.25, 0.3) is 10.2 Å². The maximum atomic E-state index is 12.6. The molecule has 1 amide bonds. The van der Waals surface area contributed by atoms with Crippen LogP contribution in [0.4, 0.5) is 0 Å². The monoisotopic (exact) mass is 346 g/mol. The van der Waals surface area contributed by atoms with Crippen molar-refractivity contribution in [1.29, 1.82) is 0 Å². The Morgan fingerprint density at radius 1 is 1.33 bits per heavy atom. The summed E-state index contributed by atoms with van der Waals surface area (Å²) < 4.78 is 8.83. The molecule has 0 saturated heterocycles. The summed E-state index contributed by atoms with van der Waals surface area (Å²) in [6, 6.07) is 6.40. The molecule has 0 bridgehead atoms. The molecule has 130 valence electrons. The summed E-state index contributed by atoms with van der Waals surface area (Å²) in [7, 11) is 0. The Kier molecular flexibility index (Phi) is 5.85. The van der Waals surface area contributed by atoms with Crippen molar-refractivity contribution >= 4 is 27.5 Å². The Hall–Kier alpha value is -1.46. The Balaban J connectivity index is 1.96. The van der Waals surface area contributed by atoms with Gasteiger partial charge >= 0.3 is 0 Å². The van der Waals surface area contributed by atoms with E-state index in [1.54, 1.807) is 11.3 Å². The predicted octanol–water partition coefficient (Wildman–Crippen LogP) is 4.06. The molecular formula is C19H26N2O2S. The van der Waals surface area contributed by atoms with Gasteiger partial charge in [0.15, 0.2) is 4.80 Å². The van der Waals surface area contributed by atoms with Crippen molar-refractivity contribution in [2.24, 2.45) is 10.9 Å². The largest absolute Gasteiger partial charge is 0.380 e. The topological polar surface area (TPSA) is 43.6 Å². The summed E-state index contributed by atoms with van der Waals surface area (Å²) in [5.41, 5.74) is 2.37. The standard InChI is InChI=1S/C19H26N2O2S/c1-3-23-12-11-21-16-10-9-14(2)13-17(16)24-19(21)20-18(22)15-7-5-4-6-8-15/h9-10,13,15H,3-8,11-12H2,1-2H3. The summed E-state index contributed by atoms with van der Waals surface area (Å²) in [6.07, 6.45) is 5.54. The van der Waals surface area contributed by atoms with Crippen LogP contribution in [0.3, 0.4) is 0 Å². The highest BCUT2D eigenvalue weighted by molar-refractivity contribution is 7.16. The Labute approximate surface area is 147 Å². The average Bonchev–Trinajstić information content (AvgIpc) is 2.92. The number of nitrogens with zero attached hydrogens (tertiary/aromatic N) is 2. The lowest BCUT2D eigenvalue weighted by Gasteiger charge is -2.17. The summed E-state index contributed by atoms with van der Waals surface area (Å²) in [5.74, 6) is 0.175. The first-order valence-electron chi connectivity index (χ1n) is 8.95. The third-order valence-electron chi connectivity index (χ3n) is 4.66. The van der Waals surface area contributed by atoms with Gasteiger partial charge in [-0.2, -0.15) is 4.99 Å². The number of benzene rings is 1. The summed E-state index contributed by atoms with van der Waals surface area (Å²) >= 11 is 1.61. The van der Waals surface area contributed by atoms with E-state index in [0.717, 1.165) is 42.5 Å². The second-order valence-electron chi connectivity index (χ2n) is 6.49. The van der Waals surface area contributed by atoms with Crippen molar-refractivity contribution in [2.75, 3.05) is 13.2 Å². The number of aryl methyl sites for hydroxylation is 1. The molecule has 1 aromatic carbocycles. The Morgan fingerprint density at radius 3 is 2.88 bits per heavy atom. The number of carbonyl (C=O) groups excluding carboxylic acids is 1. The van der Waals surface area contributed by atoms with Crippen LogP contribution in [0.2, 0.25) is 0 Å². The summed E-state index contributed by atoms with van der Waals surface area (Å²) in [4.78, 5) is 17.9. The maximum absolute atomic E-state index is 12.6. The molecule has 0 spiro atoms. The van der Waals surface area contributed by atoms with Gasteiger partial charge in [0.1, 0.15) is 0 Å². The quantitative estimate of drug-likeness (QED) is 0.767. The van der Waals surface area contributed by atoms with E-state index in [-0.39, 0.29) is 11.8 Å². The lowest BCUT2D eigenvalue weighted by atomic mass is 9.89. The van der Waals surface area contributed by atoms with Crippen molar-refractivity contribution in [1.82, 2.24) is 4.57 Å². The van der Waals surface area contributed by atoms with E-state index in [0.29, 0.717) is 13.2 Å². The van der Waals surface area contributed by atoms with Crippen molar-refractivity contribution in [3.05, 3.63) is 28.6 Å². The van der Waals surface area contributed by atoms with Crippen LogP contribution in [0, 0.1) is 12.8 Å². The second-order valence-corrected chi connectivity index (χ2v) is 7.50. The molecule has 0 atom stereocenters. The van der Waals surface area contributed by atoms with Crippen molar-refractivity contribution in [3.8, 4) is 0 Å². The predicted molar refractivity (Wildman–Crippen MR) is 98.2 cm³/mol. The number of carbonyl (C=O) groups is 1. The lowest BCUT2D eigenvalue weighted by Crippen LogP contribution is -2.23. The molecule has 1 heterocycles. The number of rotatable bonds is 5. The Bertz CT molecular complexity index is 769. The van der Waals surface area contributed by atoms with Gasteiger partial charge in [0, 0.05) is 19.1 Å². The Morgan fingerprint density at radius 2 is 2.12 bits per heavy atom. The minimum absolute atomic E-state index is 0.0585. The van der Waals surface area contributed by atoms with E-state index in [2.05, 4.69) is 34.7 Å². The number of thiazole rings is 1. The molecule has 0 radical (unpaired) electrons. The molecule has 0 aliphatic heterocycles. The summed E-state index contributed by atoms with van der Waals surface area (Å²) in [6.45, 7) is 6.16. The molecular weight excluding hydrogens is 320 g/mol. The molecule has 4 nitrogen and oxygen atoms in total. The van der Waals surface area contributed by atoms with Gasteiger partial charge in [-0.1, -0.05) is 36.7 Å². The van der Waals surface area contributed by atoms with Crippen molar-refractivity contribution in [2.45, 2.75) is 52.5 Å². The molecule has 0 N–H and O–H groups in total. The van der Waals surface area contributed by atoms with Gasteiger partial charge < -0.3 is 9.30 Å². The summed E-state index contributed by atoms with van der Waals surface area (Å²) in [5, 5.41) is 0. The van der Waals surface area contributed by atoms with Gasteiger partial charge in [0.2, 0.25) is 0 Å². The van der Waals surface area contributed by atoms with Crippen LogP contribution in [0.15, 0.2) is 23.2 Å². The third kappa shape index (κ3) is 3.95. The maximum Gasteiger partial charge on any atom is 0.251 e. The molecule has 1 aromatic heterocycles. The molecule has 1 fully saturated rings. The molecule has 3 rings (SSSR count). The SMILES string of the molecule is CCOCCn1c(=NC(=O)C2CCCCC2)sc2cc(C)ccc21. The van der Waals surface area contributed by atoms with Gasteiger partial charge in [-0.25, -0.2) is 0 Å². The van der Waals surface area contributed by atoms with E-state index >= 15 is 0 Å². The van der Waals surface area contributed by atoms with Crippen LogP contribution in [0.5, 0.6) is 0 Å². The first-order chi connectivity index (χ1) is 11.7. The minimum Gasteiger partial charge on any atom is -0.380 e. The van der Waals surface area contributed by atoms with Gasteiger partial charge in [-0.05, 0) is 44.4 Å². The highest BCUT2D eigenvalue weighted by Gasteiger charge is 2.21. The van der Waals surface area contributed by atoms with Crippen LogP contribution < -0.4 is 4.80 Å². The average molecular weight is 346 g/mol. The molecule has 24 heavy (non-hydrogen) atoms. The zero-order chi connectivity index (χ0) is 16.9. The fourth-order valence-corrected chi connectivity index (χ4v) is 4.48. The smallest absolute Gasteiger partial charge is 0.251 e. The first kappa shape index (κ1) is 17.4. The zero-order valence-corrected chi connectivity index (χ0v) is 15.4. The second kappa shape index (κ2) is 8.08. The third-order valence-corrected chi connectivity index (χ3v) is 5.70. The van der Waals surface area contributed by atoms with Crippen molar-refractivity contribution in [3.63, 3.8) is 0 Å². The van der Waals surface area contributed by atoms with E-state index in [1.165, 1.54) is 16.7 Å². The van der Waals surface area contributed by atoms with E-state index in [9.17, 15) is 4.79 Å². The fourth-order valence-electron chi connectivity index (χ4n) is 3.32. The number of aromatic nitrogens is 1. The van der Waals surface area contributed by atoms with E-state index in [4.69, 9.17) is 4.74 Å². The normalized spacial score (nSPS) is 16.8. The number of fused-ring (bicyclic) bond motifs is 1. The van der Waals surface area contributed by atoms with Gasteiger partial charge in [0.05, 0.1) is 16.8 Å². The number of hydrogen-bond donors (Lipinski definition) is 0. The van der Waals surface area contributed by atoms with Gasteiger partial charge in [-0.3, -0.25) is 4.79 Å². The van der Waals surface area contributed by atoms with E-state index in [1.807, 2.05) is 6.92 Å². The molecule has 2 aromatic rings. The van der Waals surface area contributed by atoms with Gasteiger partial charge in [0.25, 0.3) is 5.91 Å². The van der Waals surface area contributed by atoms with Crippen molar-refractivity contribution < 1.29 is 9.53 Å². The highest BCUT2D eigenvalue weighted by atomic mass is 32.1. The number of amides is 1. The lowest BCUT2D eigenvalue weighted by molar-refractivity contribution is -0.122. The fraction of sp³-hybridized carbons (Fsp3) is 0.579. The van der Waals surface area contributed by atoms with Crippen LogP contribution in [-0.4, -0.2) is 23.7 Å². The number of ether oxygens (including phenoxy) is 1. The zero-order valence-electron chi connectivity index (χ0n) is 14.6. The molecule has 1 saturated carbocycles. The molecule has 5 heteroatoms. The molecule has 1 aliphatic rings. The van der Waals surface area contributed by atoms with E-state index < -0.39 is 0 Å². The first-order valence-corrected chi connectivity index (χ1v) is 9.77. The van der Waals surface area contributed by atoms with Gasteiger partial charge in [-0.15, -0.1) is 0 Å². The molecule has 1 aliphatic carbocycles. The molecule has 0 unspecified atom stereocenters. The minimum atomic E-state index is 0.0585. The van der Waals surface area contributed by atoms with Crippen LogP contribution in [-0.2, 0) is 16.1 Å². The highest BCUT2D eigenvalue weighted by Crippen LogP contribution is 2.25. The van der Waals surface area contributed by atoms with Crippen LogP contribution >= 0.6 is 11.3 Å².